The summed E-state index contributed by atoms with van der Waals surface area (Å²) in [4.78, 5) is 0. The fraction of sp³-hybridized carbons (Fsp3) is 0.571. The van der Waals surface area contributed by atoms with E-state index in [1.54, 1.807) is 7.11 Å². The summed E-state index contributed by atoms with van der Waals surface area (Å²) in [5.41, 5.74) is 4.06. The SMILES string of the molecule is COc1ccc([C@H]2C[C@H](C)CN2)c(C)c1C. The Morgan fingerprint density at radius 1 is 1.25 bits per heavy atom. The first kappa shape index (κ1) is 11.5. The number of hydrogen-bond donors (Lipinski definition) is 1. The van der Waals surface area contributed by atoms with Gasteiger partial charge in [0.05, 0.1) is 7.11 Å². The molecule has 2 nitrogen and oxygen atoms in total. The van der Waals surface area contributed by atoms with Gasteiger partial charge < -0.3 is 10.1 Å². The standard InChI is InChI=1S/C14H21NO/c1-9-7-13(15-8-9)12-5-6-14(16-4)11(3)10(12)2/h5-6,9,13,15H,7-8H2,1-4H3/t9-,13+/m0/s1. The van der Waals surface area contributed by atoms with Crippen molar-refractivity contribution in [2.24, 2.45) is 5.92 Å². The molecule has 0 aromatic heterocycles. The normalized spacial score (nSPS) is 24.8. The van der Waals surface area contributed by atoms with Crippen LogP contribution in [-0.4, -0.2) is 13.7 Å². The van der Waals surface area contributed by atoms with E-state index in [2.05, 4.69) is 38.2 Å². The van der Waals surface area contributed by atoms with Gasteiger partial charge in [-0.15, -0.1) is 0 Å². The molecule has 0 aliphatic carbocycles. The van der Waals surface area contributed by atoms with Crippen LogP contribution in [0.15, 0.2) is 12.1 Å². The van der Waals surface area contributed by atoms with E-state index in [-0.39, 0.29) is 0 Å². The molecule has 1 aromatic rings. The number of rotatable bonds is 2. The van der Waals surface area contributed by atoms with E-state index < -0.39 is 0 Å². The van der Waals surface area contributed by atoms with Crippen LogP contribution >= 0.6 is 0 Å². The summed E-state index contributed by atoms with van der Waals surface area (Å²) in [5, 5.41) is 3.59. The summed E-state index contributed by atoms with van der Waals surface area (Å²) in [6, 6.07) is 4.82. The van der Waals surface area contributed by atoms with Gasteiger partial charge in [0, 0.05) is 6.04 Å². The fourth-order valence-corrected chi connectivity index (χ4v) is 2.56. The molecule has 1 aromatic carbocycles. The van der Waals surface area contributed by atoms with Gasteiger partial charge in [-0.3, -0.25) is 0 Å². The highest BCUT2D eigenvalue weighted by molar-refractivity contribution is 5.45. The van der Waals surface area contributed by atoms with Gasteiger partial charge in [-0.1, -0.05) is 13.0 Å². The minimum absolute atomic E-state index is 0.527. The average Bonchev–Trinajstić information content (AvgIpc) is 2.69. The molecule has 0 amide bonds. The van der Waals surface area contributed by atoms with Crippen molar-refractivity contribution in [2.45, 2.75) is 33.2 Å². The summed E-state index contributed by atoms with van der Waals surface area (Å²) >= 11 is 0. The van der Waals surface area contributed by atoms with Gasteiger partial charge >= 0.3 is 0 Å². The molecule has 1 saturated heterocycles. The molecular weight excluding hydrogens is 198 g/mol. The quantitative estimate of drug-likeness (QED) is 0.825. The Balaban J connectivity index is 2.32. The van der Waals surface area contributed by atoms with Gasteiger partial charge in [0.15, 0.2) is 0 Å². The van der Waals surface area contributed by atoms with Crippen LogP contribution in [0.4, 0.5) is 0 Å². The van der Waals surface area contributed by atoms with Crippen molar-refractivity contribution < 1.29 is 4.74 Å². The van der Waals surface area contributed by atoms with Crippen molar-refractivity contribution in [2.75, 3.05) is 13.7 Å². The van der Waals surface area contributed by atoms with Gasteiger partial charge in [0.1, 0.15) is 5.75 Å². The Morgan fingerprint density at radius 3 is 2.56 bits per heavy atom. The average molecular weight is 219 g/mol. The molecule has 1 fully saturated rings. The van der Waals surface area contributed by atoms with Crippen molar-refractivity contribution in [1.82, 2.24) is 5.32 Å². The van der Waals surface area contributed by atoms with Crippen LogP contribution in [0.5, 0.6) is 5.75 Å². The highest BCUT2D eigenvalue weighted by Gasteiger charge is 2.24. The highest BCUT2D eigenvalue weighted by atomic mass is 16.5. The summed E-state index contributed by atoms with van der Waals surface area (Å²) in [6.45, 7) is 7.77. The predicted octanol–water partition coefficient (Wildman–Crippen LogP) is 2.98. The minimum Gasteiger partial charge on any atom is -0.496 e. The van der Waals surface area contributed by atoms with Crippen molar-refractivity contribution >= 4 is 0 Å². The maximum Gasteiger partial charge on any atom is 0.122 e. The van der Waals surface area contributed by atoms with Gasteiger partial charge in [-0.25, -0.2) is 0 Å². The summed E-state index contributed by atoms with van der Waals surface area (Å²) < 4.78 is 5.34. The molecule has 2 rings (SSSR count). The molecule has 1 heterocycles. The third kappa shape index (κ3) is 1.94. The van der Waals surface area contributed by atoms with Crippen LogP contribution in [0.3, 0.4) is 0 Å². The van der Waals surface area contributed by atoms with E-state index in [4.69, 9.17) is 4.74 Å². The van der Waals surface area contributed by atoms with E-state index in [0.29, 0.717) is 6.04 Å². The largest absolute Gasteiger partial charge is 0.496 e. The minimum atomic E-state index is 0.527. The van der Waals surface area contributed by atoms with E-state index in [1.807, 2.05) is 0 Å². The highest BCUT2D eigenvalue weighted by Crippen LogP contribution is 2.33. The molecule has 0 radical (unpaired) electrons. The lowest BCUT2D eigenvalue weighted by molar-refractivity contribution is 0.410. The number of benzene rings is 1. The molecule has 16 heavy (non-hydrogen) atoms. The monoisotopic (exact) mass is 219 g/mol. The van der Waals surface area contributed by atoms with E-state index in [1.165, 1.54) is 23.1 Å². The third-order valence-corrected chi connectivity index (χ3v) is 3.73. The van der Waals surface area contributed by atoms with Crippen LogP contribution < -0.4 is 10.1 Å². The van der Waals surface area contributed by atoms with Crippen LogP contribution in [0, 0.1) is 19.8 Å². The summed E-state index contributed by atoms with van der Waals surface area (Å²) in [6.07, 6.45) is 1.24. The van der Waals surface area contributed by atoms with Gasteiger partial charge in [0.25, 0.3) is 0 Å². The maximum atomic E-state index is 5.34. The van der Waals surface area contributed by atoms with Crippen molar-refractivity contribution in [3.8, 4) is 5.75 Å². The van der Waals surface area contributed by atoms with Crippen LogP contribution in [0.25, 0.3) is 0 Å². The topological polar surface area (TPSA) is 21.3 Å². The number of nitrogens with one attached hydrogen (secondary N) is 1. The number of ether oxygens (including phenoxy) is 1. The first-order valence-electron chi connectivity index (χ1n) is 6.01. The maximum absolute atomic E-state index is 5.34. The fourth-order valence-electron chi connectivity index (χ4n) is 2.56. The van der Waals surface area contributed by atoms with Gasteiger partial charge in [-0.05, 0) is 55.5 Å². The molecule has 1 aliphatic heterocycles. The van der Waals surface area contributed by atoms with Crippen molar-refractivity contribution in [3.05, 3.63) is 28.8 Å². The number of hydrogen-bond acceptors (Lipinski definition) is 2. The van der Waals surface area contributed by atoms with E-state index >= 15 is 0 Å². The molecule has 1 aliphatic rings. The lowest BCUT2D eigenvalue weighted by atomic mass is 9.94. The molecule has 0 saturated carbocycles. The first-order valence-corrected chi connectivity index (χ1v) is 6.01. The van der Waals surface area contributed by atoms with Crippen LogP contribution in [0.2, 0.25) is 0 Å². The Labute approximate surface area is 98.0 Å². The molecule has 0 bridgehead atoms. The second kappa shape index (κ2) is 4.46. The molecule has 1 N–H and O–H groups in total. The zero-order chi connectivity index (χ0) is 11.7. The molecule has 0 spiro atoms. The second-order valence-corrected chi connectivity index (χ2v) is 4.91. The smallest absolute Gasteiger partial charge is 0.122 e. The summed E-state index contributed by atoms with van der Waals surface area (Å²) in [5.74, 6) is 1.78. The molecule has 88 valence electrons. The number of methoxy groups -OCH3 is 1. The van der Waals surface area contributed by atoms with E-state index in [0.717, 1.165) is 18.2 Å². The van der Waals surface area contributed by atoms with Crippen LogP contribution in [0.1, 0.15) is 36.1 Å². The Hall–Kier alpha value is -1.02. The Kier molecular flexibility index (Phi) is 3.20. The zero-order valence-corrected chi connectivity index (χ0v) is 10.6. The van der Waals surface area contributed by atoms with Crippen molar-refractivity contribution in [3.63, 3.8) is 0 Å². The molecule has 0 unspecified atom stereocenters. The lowest BCUT2D eigenvalue weighted by Gasteiger charge is -2.17. The Bertz CT molecular complexity index is 387. The third-order valence-electron chi connectivity index (χ3n) is 3.73. The molecular formula is C14H21NO. The zero-order valence-electron chi connectivity index (χ0n) is 10.6. The van der Waals surface area contributed by atoms with Crippen LogP contribution in [-0.2, 0) is 0 Å². The van der Waals surface area contributed by atoms with Crippen molar-refractivity contribution in [1.29, 1.82) is 0 Å². The first-order chi connectivity index (χ1) is 7.63. The second-order valence-electron chi connectivity index (χ2n) is 4.91. The predicted molar refractivity (Wildman–Crippen MR) is 67.0 cm³/mol. The molecule has 2 heteroatoms. The Morgan fingerprint density at radius 2 is 2.00 bits per heavy atom. The molecule has 2 atom stereocenters. The lowest BCUT2D eigenvalue weighted by Crippen LogP contribution is -2.15. The van der Waals surface area contributed by atoms with Gasteiger partial charge in [0.2, 0.25) is 0 Å². The van der Waals surface area contributed by atoms with E-state index in [9.17, 15) is 0 Å². The summed E-state index contributed by atoms with van der Waals surface area (Å²) in [7, 11) is 1.73. The van der Waals surface area contributed by atoms with Gasteiger partial charge in [-0.2, -0.15) is 0 Å².